The third kappa shape index (κ3) is 4.25. The molecule has 0 radical (unpaired) electrons. The maximum atomic E-state index is 5.40. The fraction of sp³-hybridized carbons (Fsp3) is 0.800. The molecule has 1 unspecified atom stereocenters. The van der Waals surface area contributed by atoms with Gasteiger partial charge in [-0.15, -0.1) is 0 Å². The van der Waals surface area contributed by atoms with Crippen LogP contribution in [0, 0.1) is 5.92 Å². The van der Waals surface area contributed by atoms with E-state index in [9.17, 15) is 0 Å². The van der Waals surface area contributed by atoms with Crippen LogP contribution in [0.2, 0.25) is 0 Å². The van der Waals surface area contributed by atoms with E-state index < -0.39 is 0 Å². The minimum absolute atomic E-state index is 0.755. The largest absolute Gasteiger partial charge is 0.363 e. The molecule has 1 aliphatic rings. The highest BCUT2D eigenvalue weighted by atomic mass is 32.2. The van der Waals surface area contributed by atoms with Crippen molar-refractivity contribution in [1.82, 2.24) is 9.80 Å². The molecule has 1 rings (SSSR count). The van der Waals surface area contributed by atoms with E-state index in [2.05, 4.69) is 11.8 Å². The second-order valence-corrected chi connectivity index (χ2v) is 6.49. The lowest BCUT2D eigenvalue weighted by Gasteiger charge is -2.32. The maximum Gasteiger partial charge on any atom is 0.143 e. The average molecular weight is 262 g/mol. The molecule has 0 aromatic heterocycles. The summed E-state index contributed by atoms with van der Waals surface area (Å²) in [4.78, 5) is 4.21. The zero-order valence-corrected chi connectivity index (χ0v) is 12.0. The summed E-state index contributed by atoms with van der Waals surface area (Å²) in [7, 11) is 3.91. The molecule has 0 aromatic rings. The van der Waals surface area contributed by atoms with Crippen molar-refractivity contribution in [3.8, 4) is 0 Å². The third-order valence-corrected chi connectivity index (χ3v) is 4.55. The van der Waals surface area contributed by atoms with E-state index in [1.165, 1.54) is 24.6 Å². The number of likely N-dealkylation sites (tertiary alicyclic amines) is 1. The second kappa shape index (κ2) is 6.01. The van der Waals surface area contributed by atoms with Gasteiger partial charge in [-0.2, -0.15) is 0 Å². The van der Waals surface area contributed by atoms with Gasteiger partial charge in [-0.05, 0) is 30.5 Å². The number of thiocarbonyl (C=S) groups is 2. The Morgan fingerprint density at radius 3 is 2.60 bits per heavy atom. The van der Waals surface area contributed by atoms with E-state index in [1.54, 1.807) is 0 Å². The van der Waals surface area contributed by atoms with Crippen molar-refractivity contribution in [2.45, 2.75) is 19.8 Å². The summed E-state index contributed by atoms with van der Waals surface area (Å²) >= 11 is 12.2. The first kappa shape index (κ1) is 13.2. The molecule has 0 bridgehead atoms. The molecule has 1 fully saturated rings. The van der Waals surface area contributed by atoms with Crippen LogP contribution in [-0.4, -0.2) is 45.6 Å². The van der Waals surface area contributed by atoms with E-state index >= 15 is 0 Å². The van der Waals surface area contributed by atoms with Crippen molar-refractivity contribution < 1.29 is 0 Å². The summed E-state index contributed by atoms with van der Waals surface area (Å²) in [5, 5.41) is 0. The van der Waals surface area contributed by atoms with Crippen molar-refractivity contribution in [2.75, 3.05) is 27.2 Å². The summed E-state index contributed by atoms with van der Waals surface area (Å²) in [5.41, 5.74) is 0. The summed E-state index contributed by atoms with van der Waals surface area (Å²) in [6.07, 6.45) is 2.57. The molecule has 1 saturated heterocycles. The quantitative estimate of drug-likeness (QED) is 0.617. The first-order valence-corrected chi connectivity index (χ1v) is 6.82. The monoisotopic (exact) mass is 262 g/mol. The summed E-state index contributed by atoms with van der Waals surface area (Å²) in [6.45, 7) is 4.46. The summed E-state index contributed by atoms with van der Waals surface area (Å²) < 4.78 is 1.78. The molecule has 0 spiro atoms. The molecule has 1 heterocycles. The van der Waals surface area contributed by atoms with Crippen LogP contribution >= 0.6 is 36.2 Å². The van der Waals surface area contributed by atoms with E-state index in [4.69, 9.17) is 24.4 Å². The number of nitrogens with zero attached hydrogens (tertiary/aromatic N) is 2. The highest BCUT2D eigenvalue weighted by molar-refractivity contribution is 8.37. The topological polar surface area (TPSA) is 6.48 Å². The van der Waals surface area contributed by atoms with Gasteiger partial charge >= 0.3 is 0 Å². The molecule has 0 saturated carbocycles. The Morgan fingerprint density at radius 1 is 1.40 bits per heavy atom. The predicted octanol–water partition coefficient (Wildman–Crippen LogP) is 2.58. The van der Waals surface area contributed by atoms with Gasteiger partial charge in [-0.25, -0.2) is 0 Å². The van der Waals surface area contributed by atoms with Crippen molar-refractivity contribution >= 4 is 44.8 Å². The normalized spacial score (nSPS) is 21.3. The number of hydrogen-bond acceptors (Lipinski definition) is 3. The van der Waals surface area contributed by atoms with Gasteiger partial charge in [0, 0.05) is 27.2 Å². The molecule has 5 heteroatoms. The number of thioether (sulfide) groups is 1. The SMILES string of the molecule is CC1CCCN(C(=S)SC(=S)N(C)C)C1. The van der Waals surface area contributed by atoms with Crippen molar-refractivity contribution in [3.05, 3.63) is 0 Å². The van der Waals surface area contributed by atoms with Gasteiger partial charge in [0.25, 0.3) is 0 Å². The van der Waals surface area contributed by atoms with Gasteiger partial charge < -0.3 is 9.80 Å². The van der Waals surface area contributed by atoms with E-state index in [0.29, 0.717) is 0 Å². The van der Waals surface area contributed by atoms with Crippen LogP contribution in [0.25, 0.3) is 0 Å². The molecule has 2 nitrogen and oxygen atoms in total. The van der Waals surface area contributed by atoms with Crippen LogP contribution in [0.5, 0.6) is 0 Å². The van der Waals surface area contributed by atoms with Crippen molar-refractivity contribution in [2.24, 2.45) is 5.92 Å². The highest BCUT2D eigenvalue weighted by Crippen LogP contribution is 2.21. The lowest BCUT2D eigenvalue weighted by Crippen LogP contribution is -2.37. The van der Waals surface area contributed by atoms with Gasteiger partial charge in [0.15, 0.2) is 0 Å². The zero-order chi connectivity index (χ0) is 11.4. The molecule has 1 aliphatic heterocycles. The van der Waals surface area contributed by atoms with Crippen LogP contribution in [0.4, 0.5) is 0 Å². The van der Waals surface area contributed by atoms with Gasteiger partial charge in [-0.1, -0.05) is 31.4 Å². The third-order valence-electron chi connectivity index (χ3n) is 2.45. The van der Waals surface area contributed by atoms with Crippen LogP contribution in [0.15, 0.2) is 0 Å². The standard InChI is InChI=1S/C10H18N2S3/c1-8-5-4-6-12(7-8)10(14)15-9(13)11(2)3/h8H,4-7H2,1-3H3. The fourth-order valence-corrected chi connectivity index (χ4v) is 3.01. The Kier molecular flexibility index (Phi) is 5.29. The molecule has 0 aliphatic carbocycles. The lowest BCUT2D eigenvalue weighted by atomic mass is 10.0. The zero-order valence-electron chi connectivity index (χ0n) is 9.52. The van der Waals surface area contributed by atoms with Crippen LogP contribution in [0.3, 0.4) is 0 Å². The maximum absolute atomic E-state index is 5.40. The Labute approximate surface area is 107 Å². The van der Waals surface area contributed by atoms with Crippen molar-refractivity contribution in [3.63, 3.8) is 0 Å². The highest BCUT2D eigenvalue weighted by Gasteiger charge is 2.19. The van der Waals surface area contributed by atoms with Crippen LogP contribution in [0.1, 0.15) is 19.8 Å². The molecule has 1 atom stereocenters. The van der Waals surface area contributed by atoms with Crippen molar-refractivity contribution in [1.29, 1.82) is 0 Å². The van der Waals surface area contributed by atoms with E-state index in [-0.39, 0.29) is 0 Å². The van der Waals surface area contributed by atoms with Gasteiger partial charge in [0.1, 0.15) is 8.64 Å². The van der Waals surface area contributed by atoms with E-state index in [1.807, 2.05) is 19.0 Å². The Bertz CT molecular complexity index is 253. The molecule has 15 heavy (non-hydrogen) atoms. The molecule has 86 valence electrons. The summed E-state index contributed by atoms with van der Waals surface area (Å²) in [6, 6.07) is 0. The first-order valence-electron chi connectivity index (χ1n) is 5.18. The van der Waals surface area contributed by atoms with Gasteiger partial charge in [0.2, 0.25) is 0 Å². The molecule has 0 aromatic carbocycles. The lowest BCUT2D eigenvalue weighted by molar-refractivity contribution is 0.280. The van der Waals surface area contributed by atoms with Gasteiger partial charge in [0.05, 0.1) is 0 Å². The van der Waals surface area contributed by atoms with Crippen LogP contribution in [-0.2, 0) is 0 Å². The van der Waals surface area contributed by atoms with Crippen LogP contribution < -0.4 is 0 Å². The second-order valence-electron chi connectivity index (χ2n) is 4.22. The first-order chi connectivity index (χ1) is 7.00. The van der Waals surface area contributed by atoms with E-state index in [0.717, 1.165) is 27.6 Å². The Hall–Kier alpha value is 0.130. The molecule has 0 amide bonds. The molecular formula is C10H18N2S3. The minimum Gasteiger partial charge on any atom is -0.363 e. The number of rotatable bonds is 0. The smallest absolute Gasteiger partial charge is 0.143 e. The number of piperidine rings is 1. The number of hydrogen-bond donors (Lipinski definition) is 0. The Morgan fingerprint density at radius 2 is 2.07 bits per heavy atom. The Balaban J connectivity index is 2.42. The van der Waals surface area contributed by atoms with Gasteiger partial charge in [-0.3, -0.25) is 0 Å². The molecule has 0 N–H and O–H groups in total. The average Bonchev–Trinajstić information content (AvgIpc) is 2.17. The predicted molar refractivity (Wildman–Crippen MR) is 76.4 cm³/mol. The molecular weight excluding hydrogens is 244 g/mol. The minimum atomic E-state index is 0.755. The summed E-state index contributed by atoms with van der Waals surface area (Å²) in [5.74, 6) is 0.755. The fourth-order valence-electron chi connectivity index (χ4n) is 1.59.